The van der Waals surface area contributed by atoms with Gasteiger partial charge in [-0.05, 0) is 57.1 Å². The molecule has 0 saturated carbocycles. The van der Waals surface area contributed by atoms with E-state index in [1.54, 1.807) is 18.2 Å². The van der Waals surface area contributed by atoms with Gasteiger partial charge in [0.15, 0.2) is 5.58 Å². The van der Waals surface area contributed by atoms with Gasteiger partial charge in [-0.1, -0.05) is 0 Å². The Hall–Kier alpha value is -1.66. The molecule has 112 valence electrons. The lowest BCUT2D eigenvalue weighted by molar-refractivity contribution is -0.0408. The molecule has 2 N–H and O–H groups in total. The topological polar surface area (TPSA) is 67.3 Å². The molecular formula is C15H18N2O3S. The standard InChI is InChI=1S/C15H18N2O3S/c1-8-5-11(6-9(2)19-8)16-14(18)10-3-4-12-13(7-10)20-15(21)17-12/h3-4,7-9,11H,5-6H2,1-2H3,(H,16,18)(H,17,21)/t8-,9+,11?. The highest BCUT2D eigenvalue weighted by Crippen LogP contribution is 2.20. The second-order valence-electron chi connectivity index (χ2n) is 5.62. The van der Waals surface area contributed by atoms with Crippen molar-refractivity contribution in [1.29, 1.82) is 0 Å². The summed E-state index contributed by atoms with van der Waals surface area (Å²) in [6.07, 6.45) is 2.01. The summed E-state index contributed by atoms with van der Waals surface area (Å²) >= 11 is 4.94. The van der Waals surface area contributed by atoms with Crippen molar-refractivity contribution in [3.63, 3.8) is 0 Å². The zero-order chi connectivity index (χ0) is 15.0. The van der Waals surface area contributed by atoms with Crippen molar-refractivity contribution < 1.29 is 13.9 Å². The predicted molar refractivity (Wildman–Crippen MR) is 81.9 cm³/mol. The Morgan fingerprint density at radius 1 is 1.33 bits per heavy atom. The molecular weight excluding hydrogens is 288 g/mol. The number of hydrogen-bond donors (Lipinski definition) is 2. The Balaban J connectivity index is 1.75. The number of fused-ring (bicyclic) bond motifs is 1. The average molecular weight is 306 g/mol. The number of amides is 1. The van der Waals surface area contributed by atoms with Gasteiger partial charge in [-0.3, -0.25) is 4.79 Å². The summed E-state index contributed by atoms with van der Waals surface area (Å²) in [4.78, 5) is 15.6. The molecule has 2 heterocycles. The molecule has 5 nitrogen and oxygen atoms in total. The number of H-pyrrole nitrogens is 1. The lowest BCUT2D eigenvalue weighted by Crippen LogP contribution is -2.43. The van der Waals surface area contributed by atoms with E-state index in [9.17, 15) is 4.79 Å². The molecule has 2 aromatic rings. The number of carbonyl (C=O) groups excluding carboxylic acids is 1. The van der Waals surface area contributed by atoms with Crippen molar-refractivity contribution in [2.45, 2.75) is 44.9 Å². The van der Waals surface area contributed by atoms with Crippen LogP contribution in [0.15, 0.2) is 22.6 Å². The highest BCUT2D eigenvalue weighted by Gasteiger charge is 2.25. The van der Waals surface area contributed by atoms with E-state index in [4.69, 9.17) is 21.4 Å². The first-order chi connectivity index (χ1) is 10.0. The molecule has 0 bridgehead atoms. The maximum Gasteiger partial charge on any atom is 0.266 e. The number of hydrogen-bond acceptors (Lipinski definition) is 4. The molecule has 3 rings (SSSR count). The van der Waals surface area contributed by atoms with Crippen LogP contribution in [0.5, 0.6) is 0 Å². The fraction of sp³-hybridized carbons (Fsp3) is 0.467. The third-order valence-electron chi connectivity index (χ3n) is 3.72. The Morgan fingerprint density at radius 3 is 2.76 bits per heavy atom. The Kier molecular flexibility index (Phi) is 3.82. The normalized spacial score (nSPS) is 25.9. The van der Waals surface area contributed by atoms with Crippen molar-refractivity contribution in [1.82, 2.24) is 10.3 Å². The molecule has 1 amide bonds. The van der Waals surface area contributed by atoms with Crippen LogP contribution in [0.4, 0.5) is 0 Å². The first-order valence-electron chi connectivity index (χ1n) is 7.10. The van der Waals surface area contributed by atoms with Gasteiger partial charge >= 0.3 is 0 Å². The van der Waals surface area contributed by atoms with E-state index in [1.807, 2.05) is 13.8 Å². The second-order valence-corrected chi connectivity index (χ2v) is 6.00. The minimum atomic E-state index is -0.0921. The minimum Gasteiger partial charge on any atom is -0.429 e. The van der Waals surface area contributed by atoms with E-state index in [2.05, 4.69) is 10.3 Å². The SMILES string of the molecule is C[C@@H]1CC(NC(=O)c2ccc3[nH]c(=S)oc3c2)C[C@H](C)O1. The van der Waals surface area contributed by atoms with Crippen LogP contribution in [0.25, 0.3) is 11.1 Å². The van der Waals surface area contributed by atoms with Crippen molar-refractivity contribution >= 4 is 29.2 Å². The van der Waals surface area contributed by atoms with Crippen LogP contribution in [-0.2, 0) is 4.74 Å². The largest absolute Gasteiger partial charge is 0.429 e. The zero-order valence-electron chi connectivity index (χ0n) is 12.0. The number of oxazole rings is 1. The molecule has 1 fully saturated rings. The summed E-state index contributed by atoms with van der Waals surface area (Å²) < 4.78 is 11.0. The molecule has 6 heteroatoms. The third-order valence-corrected chi connectivity index (χ3v) is 3.90. The maximum absolute atomic E-state index is 12.3. The second kappa shape index (κ2) is 5.61. The molecule has 0 aliphatic carbocycles. The fourth-order valence-corrected chi connectivity index (χ4v) is 3.08. The number of rotatable bonds is 2. The predicted octanol–water partition coefficient (Wildman–Crippen LogP) is 3.18. The number of aromatic amines is 1. The van der Waals surface area contributed by atoms with Gasteiger partial charge in [0.25, 0.3) is 10.7 Å². The first-order valence-corrected chi connectivity index (χ1v) is 7.51. The van der Waals surface area contributed by atoms with Crippen molar-refractivity contribution in [2.24, 2.45) is 0 Å². The maximum atomic E-state index is 12.3. The molecule has 1 aromatic carbocycles. The van der Waals surface area contributed by atoms with Crippen LogP contribution < -0.4 is 5.32 Å². The van der Waals surface area contributed by atoms with E-state index >= 15 is 0 Å². The van der Waals surface area contributed by atoms with Crippen LogP contribution in [-0.4, -0.2) is 29.1 Å². The van der Waals surface area contributed by atoms with Gasteiger partial charge in [0, 0.05) is 11.6 Å². The molecule has 1 saturated heterocycles. The number of benzene rings is 1. The summed E-state index contributed by atoms with van der Waals surface area (Å²) in [5.41, 5.74) is 1.97. The molecule has 0 spiro atoms. The Bertz CT molecular complexity index is 711. The van der Waals surface area contributed by atoms with Crippen molar-refractivity contribution in [3.05, 3.63) is 28.6 Å². The molecule has 3 atom stereocenters. The van der Waals surface area contributed by atoms with Crippen LogP contribution in [0.2, 0.25) is 0 Å². The highest BCUT2D eigenvalue weighted by atomic mass is 32.1. The Labute approximate surface area is 127 Å². The van der Waals surface area contributed by atoms with Gasteiger partial charge in [0.2, 0.25) is 0 Å². The zero-order valence-corrected chi connectivity index (χ0v) is 12.8. The average Bonchev–Trinajstić information content (AvgIpc) is 2.76. The van der Waals surface area contributed by atoms with Gasteiger partial charge in [0.05, 0.1) is 17.7 Å². The lowest BCUT2D eigenvalue weighted by Gasteiger charge is -2.32. The van der Waals surface area contributed by atoms with Gasteiger partial charge < -0.3 is 19.5 Å². The van der Waals surface area contributed by atoms with E-state index < -0.39 is 0 Å². The van der Waals surface area contributed by atoms with Gasteiger partial charge in [0.1, 0.15) is 0 Å². The fourth-order valence-electron chi connectivity index (χ4n) is 2.88. The summed E-state index contributed by atoms with van der Waals surface area (Å²) in [6, 6.07) is 5.43. The van der Waals surface area contributed by atoms with Crippen molar-refractivity contribution in [3.8, 4) is 0 Å². The smallest absolute Gasteiger partial charge is 0.266 e. The minimum absolute atomic E-state index is 0.0921. The van der Waals surface area contributed by atoms with Gasteiger partial charge in [-0.25, -0.2) is 0 Å². The van der Waals surface area contributed by atoms with Crippen LogP contribution in [0.3, 0.4) is 0 Å². The van der Waals surface area contributed by atoms with E-state index in [0.29, 0.717) is 16.0 Å². The monoisotopic (exact) mass is 306 g/mol. The Morgan fingerprint density at radius 2 is 2.05 bits per heavy atom. The summed E-state index contributed by atoms with van der Waals surface area (Å²) in [5.74, 6) is -0.0921. The van der Waals surface area contributed by atoms with Gasteiger partial charge in [-0.15, -0.1) is 0 Å². The molecule has 1 aliphatic heterocycles. The van der Waals surface area contributed by atoms with Crippen molar-refractivity contribution in [2.75, 3.05) is 0 Å². The van der Waals surface area contributed by atoms with E-state index in [0.717, 1.165) is 18.4 Å². The summed E-state index contributed by atoms with van der Waals surface area (Å²) in [5, 5.41) is 3.07. The highest BCUT2D eigenvalue weighted by molar-refractivity contribution is 7.71. The summed E-state index contributed by atoms with van der Waals surface area (Å²) in [6.45, 7) is 4.06. The van der Waals surface area contributed by atoms with Crippen LogP contribution in [0.1, 0.15) is 37.0 Å². The quantitative estimate of drug-likeness (QED) is 0.836. The molecule has 0 radical (unpaired) electrons. The molecule has 1 aromatic heterocycles. The van der Waals surface area contributed by atoms with E-state index in [1.165, 1.54) is 0 Å². The lowest BCUT2D eigenvalue weighted by atomic mass is 9.99. The summed E-state index contributed by atoms with van der Waals surface area (Å²) in [7, 11) is 0. The number of nitrogens with one attached hydrogen (secondary N) is 2. The number of ether oxygens (including phenoxy) is 1. The number of carbonyl (C=O) groups is 1. The van der Waals surface area contributed by atoms with Crippen LogP contribution in [0, 0.1) is 4.84 Å². The molecule has 1 unspecified atom stereocenters. The molecule has 21 heavy (non-hydrogen) atoms. The van der Waals surface area contributed by atoms with Gasteiger partial charge in [-0.2, -0.15) is 0 Å². The van der Waals surface area contributed by atoms with Crippen LogP contribution >= 0.6 is 12.2 Å². The first kappa shape index (κ1) is 14.3. The number of aromatic nitrogens is 1. The molecule has 1 aliphatic rings. The van der Waals surface area contributed by atoms with E-state index in [-0.39, 0.29) is 24.2 Å². The third kappa shape index (κ3) is 3.16.